The van der Waals surface area contributed by atoms with Gasteiger partial charge in [0.15, 0.2) is 0 Å². The van der Waals surface area contributed by atoms with E-state index in [0.717, 1.165) is 5.57 Å². The van der Waals surface area contributed by atoms with Crippen LogP contribution in [0.4, 0.5) is 11.4 Å². The molecule has 1 aromatic rings. The quantitative estimate of drug-likeness (QED) is 0.464. The Morgan fingerprint density at radius 2 is 2.24 bits per heavy atom. The lowest BCUT2D eigenvalue weighted by atomic mass is 10.1. The fourth-order valence-corrected chi connectivity index (χ4v) is 1.23. The molecule has 0 aliphatic rings. The van der Waals surface area contributed by atoms with Gasteiger partial charge < -0.3 is 10.4 Å². The second-order valence-electron chi connectivity index (χ2n) is 3.60. The molecule has 0 fully saturated rings. The summed E-state index contributed by atoms with van der Waals surface area (Å²) in [5.74, 6) is -1.32. The van der Waals surface area contributed by atoms with Gasteiger partial charge in [-0.3, -0.25) is 10.1 Å². The van der Waals surface area contributed by atoms with Crippen LogP contribution in [0.5, 0.6) is 0 Å². The number of benzene rings is 1. The Kier molecular flexibility index (Phi) is 3.82. The molecule has 0 atom stereocenters. The highest BCUT2D eigenvalue weighted by Crippen LogP contribution is 2.22. The van der Waals surface area contributed by atoms with Crippen molar-refractivity contribution >= 4 is 17.3 Å². The van der Waals surface area contributed by atoms with E-state index in [9.17, 15) is 14.9 Å². The third-order valence-electron chi connectivity index (χ3n) is 2.02. The van der Waals surface area contributed by atoms with Crippen LogP contribution in [0.1, 0.15) is 17.3 Å². The van der Waals surface area contributed by atoms with Crippen molar-refractivity contribution < 1.29 is 14.8 Å². The molecule has 1 aromatic carbocycles. The number of carboxylic acids is 1. The van der Waals surface area contributed by atoms with Crippen molar-refractivity contribution in [3.8, 4) is 0 Å². The van der Waals surface area contributed by atoms with Crippen LogP contribution < -0.4 is 5.32 Å². The van der Waals surface area contributed by atoms with E-state index in [4.69, 9.17) is 5.11 Å². The molecule has 6 heteroatoms. The first-order valence-corrected chi connectivity index (χ1v) is 4.82. The van der Waals surface area contributed by atoms with E-state index in [-0.39, 0.29) is 5.56 Å². The molecule has 17 heavy (non-hydrogen) atoms. The molecular weight excluding hydrogens is 224 g/mol. The van der Waals surface area contributed by atoms with E-state index in [1.165, 1.54) is 18.2 Å². The molecule has 0 amide bonds. The Balaban J connectivity index is 3.05. The predicted octanol–water partition coefficient (Wildman–Crippen LogP) is 2.28. The van der Waals surface area contributed by atoms with Crippen LogP contribution in [0.25, 0.3) is 0 Å². The van der Waals surface area contributed by atoms with Gasteiger partial charge in [-0.2, -0.15) is 0 Å². The molecule has 0 spiro atoms. The molecule has 6 nitrogen and oxygen atoms in total. The van der Waals surface area contributed by atoms with Crippen molar-refractivity contribution in [1.29, 1.82) is 0 Å². The highest BCUT2D eigenvalue weighted by atomic mass is 16.6. The lowest BCUT2D eigenvalue weighted by Crippen LogP contribution is -2.06. The van der Waals surface area contributed by atoms with E-state index in [0.29, 0.717) is 12.2 Å². The number of hydrogen-bond acceptors (Lipinski definition) is 4. The minimum absolute atomic E-state index is 0.332. The number of nitro groups is 1. The minimum Gasteiger partial charge on any atom is -0.477 e. The number of nitro benzene ring substituents is 1. The fourth-order valence-electron chi connectivity index (χ4n) is 1.23. The Labute approximate surface area is 97.7 Å². The van der Waals surface area contributed by atoms with Gasteiger partial charge in [-0.05, 0) is 19.1 Å². The van der Waals surface area contributed by atoms with Gasteiger partial charge in [0.2, 0.25) is 0 Å². The molecule has 0 radical (unpaired) electrons. The van der Waals surface area contributed by atoms with Gasteiger partial charge in [-0.1, -0.05) is 12.2 Å². The number of carboxylic acid groups (broad SMARTS) is 1. The zero-order valence-electron chi connectivity index (χ0n) is 9.27. The minimum atomic E-state index is -1.32. The van der Waals surface area contributed by atoms with E-state index in [2.05, 4.69) is 11.9 Å². The highest BCUT2D eigenvalue weighted by Gasteiger charge is 2.19. The third-order valence-corrected chi connectivity index (χ3v) is 2.02. The van der Waals surface area contributed by atoms with Gasteiger partial charge in [0.25, 0.3) is 5.69 Å². The van der Waals surface area contributed by atoms with E-state index >= 15 is 0 Å². The van der Waals surface area contributed by atoms with Gasteiger partial charge in [0, 0.05) is 18.3 Å². The van der Waals surface area contributed by atoms with E-state index in [1.54, 1.807) is 0 Å². The summed E-state index contributed by atoms with van der Waals surface area (Å²) >= 11 is 0. The molecule has 0 aromatic heterocycles. The molecule has 90 valence electrons. The standard InChI is InChI=1S/C11H12N2O4/c1-7(2)6-12-8-3-4-10(13(16)17)9(5-8)11(14)15/h3-5,12H,1,6H2,2H3,(H,14,15). The maximum absolute atomic E-state index is 10.9. The van der Waals surface area contributed by atoms with Crippen LogP contribution in [0.2, 0.25) is 0 Å². The largest absolute Gasteiger partial charge is 0.477 e. The Morgan fingerprint density at radius 1 is 1.59 bits per heavy atom. The van der Waals surface area contributed by atoms with Gasteiger partial charge in [-0.25, -0.2) is 4.79 Å². The van der Waals surface area contributed by atoms with Crippen molar-refractivity contribution in [2.45, 2.75) is 6.92 Å². The maximum Gasteiger partial charge on any atom is 0.342 e. The van der Waals surface area contributed by atoms with Gasteiger partial charge in [-0.15, -0.1) is 0 Å². The van der Waals surface area contributed by atoms with Crippen LogP contribution in [0.3, 0.4) is 0 Å². The molecule has 0 aliphatic carbocycles. The first kappa shape index (κ1) is 12.7. The SMILES string of the molecule is C=C(C)CNc1ccc([N+](=O)[O-])c(C(=O)O)c1. The molecule has 0 unspecified atom stereocenters. The van der Waals surface area contributed by atoms with Gasteiger partial charge in [0.05, 0.1) is 4.92 Å². The predicted molar refractivity (Wildman–Crippen MR) is 63.4 cm³/mol. The molecule has 0 aliphatic heterocycles. The second kappa shape index (κ2) is 5.11. The summed E-state index contributed by atoms with van der Waals surface area (Å²) in [6.07, 6.45) is 0. The molecule has 2 N–H and O–H groups in total. The summed E-state index contributed by atoms with van der Waals surface area (Å²) in [5, 5.41) is 22.4. The average molecular weight is 236 g/mol. The Morgan fingerprint density at radius 3 is 2.71 bits per heavy atom. The van der Waals surface area contributed by atoms with Crippen molar-refractivity contribution in [2.24, 2.45) is 0 Å². The molecule has 0 heterocycles. The van der Waals surface area contributed by atoms with Crippen molar-refractivity contribution in [1.82, 2.24) is 0 Å². The molecule has 0 saturated heterocycles. The molecular formula is C11H12N2O4. The number of carbonyl (C=O) groups is 1. The highest BCUT2D eigenvalue weighted by molar-refractivity contribution is 5.93. The van der Waals surface area contributed by atoms with Gasteiger partial charge >= 0.3 is 5.97 Å². The number of rotatable bonds is 5. The van der Waals surface area contributed by atoms with Crippen LogP contribution in [0.15, 0.2) is 30.4 Å². The van der Waals surface area contributed by atoms with Crippen molar-refractivity contribution in [3.63, 3.8) is 0 Å². The lowest BCUT2D eigenvalue weighted by Gasteiger charge is -2.06. The summed E-state index contributed by atoms with van der Waals surface area (Å²) in [6.45, 7) is 5.99. The number of aromatic carboxylic acids is 1. The topological polar surface area (TPSA) is 92.5 Å². The Hall–Kier alpha value is -2.37. The van der Waals surface area contributed by atoms with Crippen LogP contribution in [-0.4, -0.2) is 22.5 Å². The maximum atomic E-state index is 10.9. The van der Waals surface area contributed by atoms with Crippen LogP contribution >= 0.6 is 0 Å². The number of nitrogens with zero attached hydrogens (tertiary/aromatic N) is 1. The zero-order chi connectivity index (χ0) is 13.0. The first-order valence-electron chi connectivity index (χ1n) is 4.82. The van der Waals surface area contributed by atoms with Crippen molar-refractivity contribution in [2.75, 3.05) is 11.9 Å². The average Bonchev–Trinajstić information content (AvgIpc) is 2.25. The summed E-state index contributed by atoms with van der Waals surface area (Å²) in [4.78, 5) is 20.8. The molecule has 1 rings (SSSR count). The number of hydrogen-bond donors (Lipinski definition) is 2. The van der Waals surface area contributed by atoms with E-state index < -0.39 is 16.6 Å². The summed E-state index contributed by atoms with van der Waals surface area (Å²) in [5.41, 5.74) is 0.635. The second-order valence-corrected chi connectivity index (χ2v) is 3.60. The van der Waals surface area contributed by atoms with Crippen LogP contribution in [0, 0.1) is 10.1 Å². The number of nitrogens with one attached hydrogen (secondary N) is 1. The first-order chi connectivity index (χ1) is 7.91. The van der Waals surface area contributed by atoms with Gasteiger partial charge in [0.1, 0.15) is 5.56 Å². The molecule has 0 bridgehead atoms. The van der Waals surface area contributed by atoms with E-state index in [1.807, 2.05) is 6.92 Å². The Bertz CT molecular complexity index is 482. The smallest absolute Gasteiger partial charge is 0.342 e. The zero-order valence-corrected chi connectivity index (χ0v) is 9.27. The monoisotopic (exact) mass is 236 g/mol. The summed E-state index contributed by atoms with van der Waals surface area (Å²) in [6, 6.07) is 3.88. The third kappa shape index (κ3) is 3.30. The number of anilines is 1. The summed E-state index contributed by atoms with van der Waals surface area (Å²) < 4.78 is 0. The van der Waals surface area contributed by atoms with Crippen molar-refractivity contribution in [3.05, 3.63) is 46.0 Å². The fraction of sp³-hybridized carbons (Fsp3) is 0.182. The molecule has 0 saturated carbocycles. The summed E-state index contributed by atoms with van der Waals surface area (Å²) in [7, 11) is 0. The normalized spacial score (nSPS) is 9.71. The lowest BCUT2D eigenvalue weighted by molar-refractivity contribution is -0.385. The van der Waals surface area contributed by atoms with Crippen LogP contribution in [-0.2, 0) is 0 Å².